The molecule has 0 amide bonds. The molecule has 90 valence electrons. The van der Waals surface area contributed by atoms with E-state index < -0.39 is 43.2 Å². The van der Waals surface area contributed by atoms with Crippen molar-refractivity contribution in [1.82, 2.24) is 0 Å². The number of hydrogen-bond donors (Lipinski definition) is 5. The molecule has 1 saturated heterocycles. The molecular formula is C7H12F2O6. The van der Waals surface area contributed by atoms with Gasteiger partial charge in [-0.25, -0.2) is 8.78 Å². The molecule has 15 heavy (non-hydrogen) atoms. The second-order valence-electron chi connectivity index (χ2n) is 3.40. The summed E-state index contributed by atoms with van der Waals surface area (Å²) in [7, 11) is 0. The Morgan fingerprint density at radius 2 is 2.00 bits per heavy atom. The maximum atomic E-state index is 12.8. The SMILES string of the molecule is OCC(F)(F)[C@@H](O)C1(O)OC[C@@H](O)[C@H]1O. The average Bonchev–Trinajstić information content (AvgIpc) is 2.46. The first-order valence-electron chi connectivity index (χ1n) is 4.15. The second-order valence-corrected chi connectivity index (χ2v) is 3.40. The molecule has 0 aromatic heterocycles. The number of aliphatic hydroxyl groups excluding tert-OH is 4. The van der Waals surface area contributed by atoms with Gasteiger partial charge in [-0.15, -0.1) is 0 Å². The molecule has 1 heterocycles. The standard InChI is InChI=1S/C7H12F2O6/c8-6(9,2-10)5(13)7(14)4(12)3(11)1-15-7/h3-5,10-14H,1-2H2/t3-,4-,5-,7?/m1/s1. The Balaban J connectivity index is 2.87. The van der Waals surface area contributed by atoms with Crippen LogP contribution in [0.15, 0.2) is 0 Å². The zero-order valence-corrected chi connectivity index (χ0v) is 7.55. The number of alkyl halides is 2. The highest BCUT2D eigenvalue weighted by atomic mass is 19.3. The van der Waals surface area contributed by atoms with Crippen LogP contribution in [0.25, 0.3) is 0 Å². The van der Waals surface area contributed by atoms with E-state index in [2.05, 4.69) is 4.74 Å². The van der Waals surface area contributed by atoms with Gasteiger partial charge in [-0.2, -0.15) is 0 Å². The topological polar surface area (TPSA) is 110 Å². The van der Waals surface area contributed by atoms with E-state index in [9.17, 15) is 13.9 Å². The Morgan fingerprint density at radius 1 is 1.47 bits per heavy atom. The third-order valence-corrected chi connectivity index (χ3v) is 2.28. The van der Waals surface area contributed by atoms with Gasteiger partial charge in [0.1, 0.15) is 18.8 Å². The van der Waals surface area contributed by atoms with Crippen LogP contribution >= 0.6 is 0 Å². The highest BCUT2D eigenvalue weighted by Gasteiger charge is 2.60. The molecule has 8 heteroatoms. The predicted octanol–water partition coefficient (Wildman–Crippen LogP) is -2.58. The zero-order chi connectivity index (χ0) is 11.9. The molecule has 4 atom stereocenters. The number of halogens is 2. The van der Waals surface area contributed by atoms with Crippen molar-refractivity contribution in [3.63, 3.8) is 0 Å². The summed E-state index contributed by atoms with van der Waals surface area (Å²) in [6.45, 7) is -2.31. The van der Waals surface area contributed by atoms with Gasteiger partial charge in [0.15, 0.2) is 6.10 Å². The highest BCUT2D eigenvalue weighted by Crippen LogP contribution is 2.34. The van der Waals surface area contributed by atoms with Crippen LogP contribution in [-0.4, -0.2) is 68.8 Å². The molecule has 1 aliphatic heterocycles. The van der Waals surface area contributed by atoms with E-state index in [1.807, 2.05) is 0 Å². The lowest BCUT2D eigenvalue weighted by atomic mass is 9.97. The molecule has 0 aromatic carbocycles. The first kappa shape index (κ1) is 12.7. The van der Waals surface area contributed by atoms with Crippen molar-refractivity contribution >= 4 is 0 Å². The van der Waals surface area contributed by atoms with E-state index in [1.54, 1.807) is 0 Å². The third kappa shape index (κ3) is 1.96. The van der Waals surface area contributed by atoms with Gasteiger partial charge in [-0.1, -0.05) is 0 Å². The minimum absolute atomic E-state index is 0.587. The number of aliphatic hydroxyl groups is 5. The van der Waals surface area contributed by atoms with E-state index in [-0.39, 0.29) is 0 Å². The quantitative estimate of drug-likeness (QED) is 0.364. The van der Waals surface area contributed by atoms with Crippen molar-refractivity contribution in [2.75, 3.05) is 13.2 Å². The van der Waals surface area contributed by atoms with Crippen LogP contribution < -0.4 is 0 Å². The molecular weight excluding hydrogens is 218 g/mol. The molecule has 1 aliphatic rings. The minimum atomic E-state index is -4.04. The molecule has 1 rings (SSSR count). The minimum Gasteiger partial charge on any atom is -0.390 e. The summed E-state index contributed by atoms with van der Waals surface area (Å²) in [5.41, 5.74) is 0. The smallest absolute Gasteiger partial charge is 0.301 e. The summed E-state index contributed by atoms with van der Waals surface area (Å²) in [5.74, 6) is -7.02. The Labute approximate surface area is 83.3 Å². The monoisotopic (exact) mass is 230 g/mol. The average molecular weight is 230 g/mol. The van der Waals surface area contributed by atoms with Crippen LogP contribution in [0.2, 0.25) is 0 Å². The molecule has 0 saturated carbocycles. The van der Waals surface area contributed by atoms with Gasteiger partial charge in [0.25, 0.3) is 0 Å². The van der Waals surface area contributed by atoms with E-state index in [4.69, 9.17) is 20.4 Å². The van der Waals surface area contributed by atoms with Gasteiger partial charge in [0.05, 0.1) is 6.61 Å². The molecule has 0 radical (unpaired) electrons. The van der Waals surface area contributed by atoms with Crippen molar-refractivity contribution in [3.05, 3.63) is 0 Å². The van der Waals surface area contributed by atoms with E-state index in [0.717, 1.165) is 0 Å². The maximum absolute atomic E-state index is 12.8. The van der Waals surface area contributed by atoms with Crippen molar-refractivity contribution < 1.29 is 39.1 Å². The first-order chi connectivity index (χ1) is 6.75. The summed E-state index contributed by atoms with van der Waals surface area (Å²) < 4.78 is 30.0. The fraction of sp³-hybridized carbons (Fsp3) is 1.00. The van der Waals surface area contributed by atoms with Crippen molar-refractivity contribution in [2.24, 2.45) is 0 Å². The lowest BCUT2D eigenvalue weighted by molar-refractivity contribution is -0.314. The summed E-state index contributed by atoms with van der Waals surface area (Å²) in [4.78, 5) is 0. The summed E-state index contributed by atoms with van der Waals surface area (Å²) in [5, 5.41) is 44.8. The summed E-state index contributed by atoms with van der Waals surface area (Å²) in [6, 6.07) is 0. The van der Waals surface area contributed by atoms with Crippen LogP contribution in [-0.2, 0) is 4.74 Å². The van der Waals surface area contributed by atoms with Crippen LogP contribution in [0.3, 0.4) is 0 Å². The molecule has 0 aromatic rings. The van der Waals surface area contributed by atoms with Crippen LogP contribution in [0.1, 0.15) is 0 Å². The van der Waals surface area contributed by atoms with Crippen molar-refractivity contribution in [3.8, 4) is 0 Å². The van der Waals surface area contributed by atoms with Gasteiger partial charge in [0, 0.05) is 0 Å². The lowest BCUT2D eigenvalue weighted by Crippen LogP contribution is -2.60. The van der Waals surface area contributed by atoms with Crippen molar-refractivity contribution in [2.45, 2.75) is 30.0 Å². The number of ether oxygens (including phenoxy) is 1. The lowest BCUT2D eigenvalue weighted by Gasteiger charge is -2.34. The van der Waals surface area contributed by atoms with E-state index >= 15 is 0 Å². The summed E-state index contributed by atoms with van der Waals surface area (Å²) in [6.07, 6.45) is -6.47. The Hall–Kier alpha value is -0.380. The number of hydrogen-bond acceptors (Lipinski definition) is 6. The molecule has 5 N–H and O–H groups in total. The Bertz CT molecular complexity index is 238. The van der Waals surface area contributed by atoms with E-state index in [1.165, 1.54) is 0 Å². The predicted molar refractivity (Wildman–Crippen MR) is 41.0 cm³/mol. The molecule has 6 nitrogen and oxygen atoms in total. The van der Waals surface area contributed by atoms with Gasteiger partial charge in [0.2, 0.25) is 5.79 Å². The maximum Gasteiger partial charge on any atom is 0.301 e. The van der Waals surface area contributed by atoms with Crippen LogP contribution in [0, 0.1) is 0 Å². The highest BCUT2D eigenvalue weighted by molar-refractivity contribution is 4.99. The normalized spacial score (nSPS) is 39.4. The van der Waals surface area contributed by atoms with Gasteiger partial charge in [-0.05, 0) is 0 Å². The fourth-order valence-corrected chi connectivity index (χ4v) is 1.30. The van der Waals surface area contributed by atoms with Gasteiger partial charge < -0.3 is 30.3 Å². The Kier molecular flexibility index (Phi) is 3.29. The molecule has 0 bridgehead atoms. The van der Waals surface area contributed by atoms with E-state index in [0.29, 0.717) is 0 Å². The van der Waals surface area contributed by atoms with Crippen molar-refractivity contribution in [1.29, 1.82) is 0 Å². The zero-order valence-electron chi connectivity index (χ0n) is 7.55. The largest absolute Gasteiger partial charge is 0.390 e. The Morgan fingerprint density at radius 3 is 2.33 bits per heavy atom. The molecule has 1 unspecified atom stereocenters. The molecule has 1 fully saturated rings. The second kappa shape index (κ2) is 3.89. The number of rotatable bonds is 3. The van der Waals surface area contributed by atoms with Gasteiger partial charge >= 0.3 is 5.92 Å². The first-order valence-corrected chi connectivity index (χ1v) is 4.15. The third-order valence-electron chi connectivity index (χ3n) is 2.28. The van der Waals surface area contributed by atoms with Gasteiger partial charge in [-0.3, -0.25) is 0 Å². The molecule has 0 aliphatic carbocycles. The summed E-state index contributed by atoms with van der Waals surface area (Å²) >= 11 is 0. The fourth-order valence-electron chi connectivity index (χ4n) is 1.30. The van der Waals surface area contributed by atoms with Crippen LogP contribution in [0.4, 0.5) is 8.78 Å². The van der Waals surface area contributed by atoms with Crippen LogP contribution in [0.5, 0.6) is 0 Å². The molecule has 0 spiro atoms.